The van der Waals surface area contributed by atoms with Crippen LogP contribution in [-0.2, 0) is 16.6 Å². The molecule has 8 nitrogen and oxygen atoms in total. The number of nitrogens with zero attached hydrogens (tertiary/aromatic N) is 3. The highest BCUT2D eigenvalue weighted by Crippen LogP contribution is 2.69. The third kappa shape index (κ3) is 3.63. The van der Waals surface area contributed by atoms with E-state index in [1.54, 1.807) is 24.5 Å². The summed E-state index contributed by atoms with van der Waals surface area (Å²) in [5.74, 6) is 2.03. The van der Waals surface area contributed by atoms with Crippen LogP contribution in [0, 0.1) is 23.2 Å². The number of imidazole rings is 1. The molecule has 3 atom stereocenters. The maximum Gasteiger partial charge on any atom is 0.251 e. The molecule has 2 heterocycles. The van der Waals surface area contributed by atoms with Crippen molar-refractivity contribution < 1.29 is 14.3 Å². The predicted octanol–water partition coefficient (Wildman–Crippen LogP) is 3.55. The van der Waals surface area contributed by atoms with Crippen LogP contribution in [0.15, 0.2) is 48.8 Å². The highest BCUT2D eigenvalue weighted by Gasteiger charge is 2.62. The maximum atomic E-state index is 13.2. The summed E-state index contributed by atoms with van der Waals surface area (Å²) in [7, 11) is 3.36. The number of carbonyl (C=O) groups is 2. The summed E-state index contributed by atoms with van der Waals surface area (Å²) in [5, 5.41) is 6.06. The molecule has 8 heteroatoms. The lowest BCUT2D eigenvalue weighted by Crippen LogP contribution is -2.31. The van der Waals surface area contributed by atoms with Crippen LogP contribution in [0.4, 0.5) is 5.69 Å². The van der Waals surface area contributed by atoms with Crippen molar-refractivity contribution in [1.29, 1.82) is 0 Å². The summed E-state index contributed by atoms with van der Waals surface area (Å²) in [6.45, 7) is 0.587. The standard InChI is InChI=1S/C27H29N5O3/c1-32-24-21(30-23(33)15-35-2)11-17(12-22(24)31-25(32)16-4-3-9-28-13-16)26(34)29-14-18-10-19-5-6-20(18)27(19)7-8-27/h3-6,9,11-13,18-20H,7-8,10,14-15H2,1-2H3,(H,29,34)(H,30,33)/t18-,19+,20+/m1/s1. The molecule has 2 N–H and O–H groups in total. The van der Waals surface area contributed by atoms with E-state index >= 15 is 0 Å². The minimum Gasteiger partial charge on any atom is -0.375 e. The van der Waals surface area contributed by atoms with Gasteiger partial charge >= 0.3 is 0 Å². The predicted molar refractivity (Wildman–Crippen MR) is 133 cm³/mol. The normalized spacial score (nSPS) is 23.2. The topological polar surface area (TPSA) is 98.1 Å². The number of nitrogens with one attached hydrogen (secondary N) is 2. The molecule has 0 aliphatic heterocycles. The molecule has 1 aromatic carbocycles. The van der Waals surface area contributed by atoms with E-state index in [1.165, 1.54) is 20.0 Å². The van der Waals surface area contributed by atoms with Crippen molar-refractivity contribution in [2.24, 2.45) is 30.2 Å². The number of hydrogen-bond donors (Lipinski definition) is 2. The zero-order chi connectivity index (χ0) is 24.2. The minimum absolute atomic E-state index is 0.0786. The third-order valence-corrected chi connectivity index (χ3v) is 8.07. The highest BCUT2D eigenvalue weighted by atomic mass is 16.5. The van der Waals surface area contributed by atoms with Crippen LogP contribution >= 0.6 is 0 Å². The lowest BCUT2D eigenvalue weighted by molar-refractivity contribution is -0.119. The van der Waals surface area contributed by atoms with E-state index in [-0.39, 0.29) is 18.4 Å². The molecule has 3 aliphatic rings. The number of allylic oxidation sites excluding steroid dienone is 2. The molecule has 180 valence electrons. The summed E-state index contributed by atoms with van der Waals surface area (Å²) in [6, 6.07) is 7.30. The number of amides is 2. The molecule has 2 aromatic heterocycles. The largest absolute Gasteiger partial charge is 0.375 e. The van der Waals surface area contributed by atoms with Gasteiger partial charge in [0.05, 0.1) is 16.7 Å². The van der Waals surface area contributed by atoms with Crippen molar-refractivity contribution in [3.8, 4) is 11.4 Å². The van der Waals surface area contributed by atoms with Crippen molar-refractivity contribution in [2.45, 2.75) is 19.3 Å². The highest BCUT2D eigenvalue weighted by molar-refractivity contribution is 6.06. The van der Waals surface area contributed by atoms with E-state index in [4.69, 9.17) is 9.72 Å². The van der Waals surface area contributed by atoms with Gasteiger partial charge < -0.3 is 19.9 Å². The molecule has 2 bridgehead atoms. The average molecular weight is 472 g/mol. The Balaban J connectivity index is 1.30. The minimum atomic E-state index is -0.293. The van der Waals surface area contributed by atoms with E-state index in [0.29, 0.717) is 52.3 Å². The Morgan fingerprint density at radius 1 is 1.26 bits per heavy atom. The summed E-state index contributed by atoms with van der Waals surface area (Å²) >= 11 is 0. The molecule has 0 radical (unpaired) electrons. The number of ether oxygens (including phenoxy) is 1. The molecule has 2 amide bonds. The molecule has 0 unspecified atom stereocenters. The first kappa shape index (κ1) is 22.0. The monoisotopic (exact) mass is 471 g/mol. The number of anilines is 1. The quantitative estimate of drug-likeness (QED) is 0.514. The molecule has 3 aliphatic carbocycles. The first-order valence-corrected chi connectivity index (χ1v) is 12.2. The van der Waals surface area contributed by atoms with Gasteiger partial charge in [-0.25, -0.2) is 4.98 Å². The van der Waals surface area contributed by atoms with Crippen LogP contribution in [0.25, 0.3) is 22.4 Å². The molecule has 1 spiro atoms. The molecule has 0 saturated heterocycles. The van der Waals surface area contributed by atoms with Crippen LogP contribution in [0.1, 0.15) is 29.6 Å². The van der Waals surface area contributed by atoms with Crippen LogP contribution < -0.4 is 10.6 Å². The second-order valence-corrected chi connectivity index (χ2v) is 10.1. The number of aryl methyl sites for hydroxylation is 1. The van der Waals surface area contributed by atoms with Crippen LogP contribution in [-0.4, -0.2) is 46.6 Å². The fraction of sp³-hybridized carbons (Fsp3) is 0.407. The van der Waals surface area contributed by atoms with Crippen molar-refractivity contribution in [2.75, 3.05) is 25.6 Å². The van der Waals surface area contributed by atoms with E-state index in [2.05, 4.69) is 27.8 Å². The van der Waals surface area contributed by atoms with Gasteiger partial charge in [-0.15, -0.1) is 0 Å². The summed E-state index contributed by atoms with van der Waals surface area (Å²) < 4.78 is 6.89. The number of pyridine rings is 1. The fourth-order valence-corrected chi connectivity index (χ4v) is 6.33. The van der Waals surface area contributed by atoms with Gasteiger partial charge in [-0.2, -0.15) is 0 Å². The van der Waals surface area contributed by atoms with E-state index < -0.39 is 0 Å². The van der Waals surface area contributed by atoms with Crippen molar-refractivity contribution in [3.05, 3.63) is 54.4 Å². The number of methoxy groups -OCH3 is 1. The van der Waals surface area contributed by atoms with E-state index in [1.807, 2.05) is 23.7 Å². The Labute approximate surface area is 203 Å². The van der Waals surface area contributed by atoms with E-state index in [0.717, 1.165) is 17.5 Å². The number of benzene rings is 1. The Bertz CT molecular complexity index is 1340. The Morgan fingerprint density at radius 3 is 2.83 bits per heavy atom. The molecule has 2 fully saturated rings. The van der Waals surface area contributed by atoms with Gasteiger partial charge in [-0.05, 0) is 66.7 Å². The number of aromatic nitrogens is 3. The second kappa shape index (κ2) is 8.30. The molecular weight excluding hydrogens is 442 g/mol. The zero-order valence-electron chi connectivity index (χ0n) is 20.0. The number of carbonyl (C=O) groups excluding carboxylic acids is 2. The van der Waals surface area contributed by atoms with Crippen LogP contribution in [0.2, 0.25) is 0 Å². The average Bonchev–Trinajstić information content (AvgIpc) is 3.41. The van der Waals surface area contributed by atoms with Crippen molar-refractivity contribution in [3.63, 3.8) is 0 Å². The SMILES string of the molecule is COCC(=O)Nc1cc(C(=O)NC[C@H]2C[C@@H]3C=C[C@@H]2C32CC2)cc2nc(-c3cccnc3)n(C)c12. The first-order chi connectivity index (χ1) is 17.0. The van der Waals surface area contributed by atoms with Gasteiger partial charge in [0.15, 0.2) is 0 Å². The van der Waals surface area contributed by atoms with Crippen molar-refractivity contribution in [1.82, 2.24) is 19.9 Å². The maximum absolute atomic E-state index is 13.2. The van der Waals surface area contributed by atoms with Crippen molar-refractivity contribution >= 4 is 28.5 Å². The Morgan fingerprint density at radius 2 is 2.11 bits per heavy atom. The van der Waals surface area contributed by atoms with Crippen LogP contribution in [0.3, 0.4) is 0 Å². The number of hydrogen-bond acceptors (Lipinski definition) is 5. The van der Waals surface area contributed by atoms with Crippen LogP contribution in [0.5, 0.6) is 0 Å². The molecule has 6 rings (SSSR count). The van der Waals surface area contributed by atoms with Gasteiger partial charge in [0.1, 0.15) is 12.4 Å². The van der Waals surface area contributed by atoms with Gasteiger partial charge in [0.25, 0.3) is 5.91 Å². The lowest BCUT2D eigenvalue weighted by atomic mass is 9.89. The van der Waals surface area contributed by atoms with Gasteiger partial charge in [-0.3, -0.25) is 14.6 Å². The summed E-state index contributed by atoms with van der Waals surface area (Å²) in [5.41, 5.74) is 3.72. The molecule has 3 aromatic rings. The Kier molecular flexibility index (Phi) is 5.21. The zero-order valence-corrected chi connectivity index (χ0v) is 20.0. The van der Waals surface area contributed by atoms with Gasteiger partial charge in [-0.1, -0.05) is 12.2 Å². The molecule has 2 saturated carbocycles. The Hall–Kier alpha value is -3.52. The summed E-state index contributed by atoms with van der Waals surface area (Å²) in [4.78, 5) is 34.6. The smallest absolute Gasteiger partial charge is 0.251 e. The first-order valence-electron chi connectivity index (χ1n) is 12.2. The lowest BCUT2D eigenvalue weighted by Gasteiger charge is -2.20. The fourth-order valence-electron chi connectivity index (χ4n) is 6.33. The van der Waals surface area contributed by atoms with Gasteiger partial charge in [0, 0.05) is 44.2 Å². The number of rotatable bonds is 7. The number of fused-ring (bicyclic) bond motifs is 1. The third-order valence-electron chi connectivity index (χ3n) is 8.07. The molecule has 35 heavy (non-hydrogen) atoms. The van der Waals surface area contributed by atoms with Gasteiger partial charge in [0.2, 0.25) is 5.91 Å². The van der Waals surface area contributed by atoms with E-state index in [9.17, 15) is 9.59 Å². The summed E-state index contributed by atoms with van der Waals surface area (Å²) in [6.07, 6.45) is 12.0. The second-order valence-electron chi connectivity index (χ2n) is 10.1. The molecular formula is C27H29N5O3.